The zero-order valence-corrected chi connectivity index (χ0v) is 12.0. The van der Waals surface area contributed by atoms with Gasteiger partial charge in [-0.15, -0.1) is 0 Å². The van der Waals surface area contributed by atoms with Crippen LogP contribution in [0.1, 0.15) is 19.4 Å². The van der Waals surface area contributed by atoms with Gasteiger partial charge in [-0.3, -0.25) is 19.8 Å². The molecule has 4 nitrogen and oxygen atoms in total. The lowest BCUT2D eigenvalue weighted by Crippen LogP contribution is -2.63. The van der Waals surface area contributed by atoms with E-state index in [0.717, 1.165) is 10.0 Å². The van der Waals surface area contributed by atoms with E-state index >= 15 is 0 Å². The van der Waals surface area contributed by atoms with Crippen molar-refractivity contribution in [2.45, 2.75) is 25.9 Å². The molecule has 0 unspecified atom stereocenters. The Morgan fingerprint density at radius 3 is 2.67 bits per heavy atom. The Kier molecular flexibility index (Phi) is 3.54. The second-order valence-electron chi connectivity index (χ2n) is 4.85. The number of rotatable bonds is 2. The van der Waals surface area contributed by atoms with E-state index in [4.69, 9.17) is 0 Å². The summed E-state index contributed by atoms with van der Waals surface area (Å²) in [5.74, 6) is -0.371. The van der Waals surface area contributed by atoms with E-state index in [2.05, 4.69) is 21.2 Å². The van der Waals surface area contributed by atoms with Gasteiger partial charge in [0.15, 0.2) is 0 Å². The van der Waals surface area contributed by atoms with Crippen molar-refractivity contribution < 1.29 is 9.59 Å². The van der Waals surface area contributed by atoms with Crippen LogP contribution in [0.2, 0.25) is 0 Å². The summed E-state index contributed by atoms with van der Waals surface area (Å²) in [4.78, 5) is 25.4. The van der Waals surface area contributed by atoms with Crippen molar-refractivity contribution >= 4 is 27.7 Å². The SMILES string of the molecule is CC1(C)NCC(=O)N(Cc2ccccc2Br)C1=O. The van der Waals surface area contributed by atoms with Crippen LogP contribution in [0.15, 0.2) is 28.7 Å². The van der Waals surface area contributed by atoms with Crippen LogP contribution < -0.4 is 5.32 Å². The Labute approximate surface area is 114 Å². The van der Waals surface area contributed by atoms with Gasteiger partial charge in [-0.25, -0.2) is 0 Å². The molecule has 2 rings (SSSR count). The van der Waals surface area contributed by atoms with E-state index < -0.39 is 5.54 Å². The number of carbonyl (C=O) groups is 2. The van der Waals surface area contributed by atoms with Gasteiger partial charge < -0.3 is 0 Å². The highest BCUT2D eigenvalue weighted by Crippen LogP contribution is 2.21. The molecule has 96 valence electrons. The van der Waals surface area contributed by atoms with Gasteiger partial charge in [0.25, 0.3) is 0 Å². The van der Waals surface area contributed by atoms with Crippen molar-refractivity contribution in [2.75, 3.05) is 6.54 Å². The van der Waals surface area contributed by atoms with E-state index in [9.17, 15) is 9.59 Å². The molecule has 18 heavy (non-hydrogen) atoms. The number of amides is 2. The minimum absolute atomic E-state index is 0.185. The van der Waals surface area contributed by atoms with Crippen LogP contribution in [0.25, 0.3) is 0 Å². The molecule has 0 aliphatic carbocycles. The van der Waals surface area contributed by atoms with E-state index in [-0.39, 0.29) is 18.4 Å². The van der Waals surface area contributed by atoms with Crippen molar-refractivity contribution in [3.05, 3.63) is 34.3 Å². The topological polar surface area (TPSA) is 49.4 Å². The lowest BCUT2D eigenvalue weighted by Gasteiger charge is -2.36. The van der Waals surface area contributed by atoms with Gasteiger partial charge in [0.1, 0.15) is 0 Å². The largest absolute Gasteiger partial charge is 0.295 e. The highest BCUT2D eigenvalue weighted by molar-refractivity contribution is 9.10. The van der Waals surface area contributed by atoms with Crippen molar-refractivity contribution in [3.8, 4) is 0 Å². The Bertz CT molecular complexity index is 500. The number of nitrogens with zero attached hydrogens (tertiary/aromatic N) is 1. The number of hydrogen-bond acceptors (Lipinski definition) is 3. The van der Waals surface area contributed by atoms with Gasteiger partial charge in [0, 0.05) is 4.47 Å². The zero-order chi connectivity index (χ0) is 13.3. The molecule has 1 N–H and O–H groups in total. The molecule has 1 saturated heterocycles. The molecular weight excluding hydrogens is 296 g/mol. The fourth-order valence-electron chi connectivity index (χ4n) is 1.88. The number of carbonyl (C=O) groups excluding carboxylic acids is 2. The first-order valence-corrected chi connectivity index (χ1v) is 6.54. The standard InChI is InChI=1S/C13H15BrN2O2/c1-13(2)12(18)16(11(17)7-15-13)8-9-5-3-4-6-10(9)14/h3-6,15H,7-8H2,1-2H3. The Hall–Kier alpha value is -1.20. The van der Waals surface area contributed by atoms with Gasteiger partial charge in [-0.1, -0.05) is 34.1 Å². The monoisotopic (exact) mass is 310 g/mol. The lowest BCUT2D eigenvalue weighted by molar-refractivity contribution is -0.153. The summed E-state index contributed by atoms with van der Waals surface area (Å²) in [6, 6.07) is 7.60. The summed E-state index contributed by atoms with van der Waals surface area (Å²) in [5.41, 5.74) is 0.242. The van der Waals surface area contributed by atoms with Gasteiger partial charge in [-0.05, 0) is 25.5 Å². The zero-order valence-electron chi connectivity index (χ0n) is 10.4. The average Bonchev–Trinajstić information content (AvgIpc) is 2.33. The molecule has 1 aliphatic rings. The molecular formula is C13H15BrN2O2. The van der Waals surface area contributed by atoms with Crippen LogP contribution >= 0.6 is 15.9 Å². The molecule has 0 radical (unpaired) electrons. The third-order valence-corrected chi connectivity index (χ3v) is 3.82. The fraction of sp³-hybridized carbons (Fsp3) is 0.385. The molecule has 1 heterocycles. The second kappa shape index (κ2) is 4.82. The third kappa shape index (κ3) is 2.47. The van der Waals surface area contributed by atoms with Crippen LogP contribution in [0.3, 0.4) is 0 Å². The first-order valence-electron chi connectivity index (χ1n) is 5.75. The van der Waals surface area contributed by atoms with Crippen LogP contribution in [-0.2, 0) is 16.1 Å². The van der Waals surface area contributed by atoms with E-state index in [1.165, 1.54) is 4.90 Å². The summed E-state index contributed by atoms with van der Waals surface area (Å²) in [6.45, 7) is 4.08. The Balaban J connectivity index is 2.24. The highest BCUT2D eigenvalue weighted by atomic mass is 79.9. The van der Waals surface area contributed by atoms with Crippen molar-refractivity contribution in [1.29, 1.82) is 0 Å². The minimum atomic E-state index is -0.685. The van der Waals surface area contributed by atoms with Crippen molar-refractivity contribution in [1.82, 2.24) is 10.2 Å². The molecule has 1 fully saturated rings. The summed E-state index contributed by atoms with van der Waals surface area (Å²) >= 11 is 3.43. The molecule has 0 bridgehead atoms. The average molecular weight is 311 g/mol. The molecule has 1 aliphatic heterocycles. The van der Waals surface area contributed by atoms with Crippen molar-refractivity contribution in [3.63, 3.8) is 0 Å². The van der Waals surface area contributed by atoms with E-state index in [0.29, 0.717) is 6.54 Å². The third-order valence-electron chi connectivity index (χ3n) is 3.05. The Morgan fingerprint density at radius 1 is 1.33 bits per heavy atom. The first-order chi connectivity index (χ1) is 8.42. The molecule has 0 atom stereocenters. The molecule has 0 spiro atoms. The number of piperazine rings is 1. The van der Waals surface area contributed by atoms with E-state index in [1.54, 1.807) is 13.8 Å². The maximum absolute atomic E-state index is 12.2. The normalized spacial score (nSPS) is 19.2. The van der Waals surface area contributed by atoms with Crippen molar-refractivity contribution in [2.24, 2.45) is 0 Å². The van der Waals surface area contributed by atoms with Crippen LogP contribution in [-0.4, -0.2) is 28.8 Å². The van der Waals surface area contributed by atoms with E-state index in [1.807, 2.05) is 24.3 Å². The number of hydrogen-bond donors (Lipinski definition) is 1. The fourth-order valence-corrected chi connectivity index (χ4v) is 2.29. The minimum Gasteiger partial charge on any atom is -0.295 e. The first kappa shape index (κ1) is 13.2. The number of imide groups is 1. The van der Waals surface area contributed by atoms with Gasteiger partial charge >= 0.3 is 0 Å². The molecule has 5 heteroatoms. The maximum atomic E-state index is 12.2. The molecule has 1 aromatic carbocycles. The van der Waals surface area contributed by atoms with Gasteiger partial charge in [-0.2, -0.15) is 0 Å². The lowest BCUT2D eigenvalue weighted by atomic mass is 10.00. The van der Waals surface area contributed by atoms with Crippen LogP contribution in [0.5, 0.6) is 0 Å². The maximum Gasteiger partial charge on any atom is 0.249 e. The smallest absolute Gasteiger partial charge is 0.249 e. The molecule has 0 aromatic heterocycles. The molecule has 0 saturated carbocycles. The molecule has 2 amide bonds. The summed E-state index contributed by atoms with van der Waals surface area (Å²) in [6.07, 6.45) is 0. The van der Waals surface area contributed by atoms with Gasteiger partial charge in [0.2, 0.25) is 11.8 Å². The second-order valence-corrected chi connectivity index (χ2v) is 5.71. The summed E-state index contributed by atoms with van der Waals surface area (Å²) in [5, 5.41) is 2.94. The summed E-state index contributed by atoms with van der Waals surface area (Å²) in [7, 11) is 0. The number of benzene rings is 1. The molecule has 1 aromatic rings. The predicted octanol–water partition coefficient (Wildman–Crippen LogP) is 1.69. The van der Waals surface area contributed by atoms with Crippen LogP contribution in [0.4, 0.5) is 0 Å². The Morgan fingerprint density at radius 2 is 2.00 bits per heavy atom. The number of nitrogens with one attached hydrogen (secondary N) is 1. The quantitative estimate of drug-likeness (QED) is 0.846. The van der Waals surface area contributed by atoms with Crippen LogP contribution in [0, 0.1) is 0 Å². The highest BCUT2D eigenvalue weighted by Gasteiger charge is 2.39. The number of halogens is 1. The summed E-state index contributed by atoms with van der Waals surface area (Å²) < 4.78 is 0.905. The predicted molar refractivity (Wildman–Crippen MR) is 71.8 cm³/mol. The van der Waals surface area contributed by atoms with Gasteiger partial charge in [0.05, 0.1) is 18.6 Å².